The molecule has 15 heteroatoms. The Kier molecular flexibility index (Phi) is 42.9. The molecule has 0 amide bonds. The van der Waals surface area contributed by atoms with E-state index in [1.54, 1.807) is 43.3 Å². The Hall–Kier alpha value is -8.91. The van der Waals surface area contributed by atoms with Crippen LogP contribution in [-0.2, 0) is 103 Å². The number of aldehydes is 1. The normalized spacial score (nSPS) is 11.2. The number of Topliss-reactive ketones (excluding diaryl/α,β-unsaturated/α-hetero) is 1. The van der Waals surface area contributed by atoms with Crippen LogP contribution >= 0.6 is 0 Å². The topological polar surface area (TPSA) is 174 Å². The predicted octanol–water partition coefficient (Wildman–Crippen LogP) is 18.6. The molecule has 464 valence electrons. The molecule has 1 atom stereocenters. The van der Waals surface area contributed by atoms with Gasteiger partial charge < -0.3 is 25.0 Å². The Balaban J connectivity index is 0.000000369. The molecule has 11 aromatic rings. The van der Waals surface area contributed by atoms with Crippen LogP contribution in [0.5, 0.6) is 0 Å². The van der Waals surface area contributed by atoms with E-state index in [1.807, 2.05) is 245 Å². The fourth-order valence-corrected chi connectivity index (χ4v) is 8.27. The average Bonchev–Trinajstić information content (AvgIpc) is 1.75. The fourth-order valence-electron chi connectivity index (χ4n) is 8.27. The van der Waals surface area contributed by atoms with Gasteiger partial charge in [-0.05, 0) is 54.4 Å². The SMILES string of the molecule is CC(=O)Cc1ccccc1.C[C-]1ON=C(c2ccccc2)C1c1ccccc1.C[C-]=Cc1ccccc1.Cc1onc(-c2ccccc2)c1-c1ccccc1.O/N=C/c1ccccc1.O=Cc1ccccc1.ON=[C-]c1ccccc1.[O-][N+]#Cc1ccccc1.[W].[Y].[Y]. The molecular formula is C78H70N5O7WY2-3. The molecule has 1 aliphatic heterocycles. The van der Waals surface area contributed by atoms with E-state index < -0.39 is 0 Å². The second-order valence-corrected chi connectivity index (χ2v) is 19.1. The van der Waals surface area contributed by atoms with Crippen molar-refractivity contribution in [1.82, 2.24) is 5.16 Å². The second kappa shape index (κ2) is 49.7. The van der Waals surface area contributed by atoms with Gasteiger partial charge in [0.1, 0.15) is 29.1 Å². The van der Waals surface area contributed by atoms with Crippen LogP contribution in [-0.4, -0.2) is 45.8 Å². The van der Waals surface area contributed by atoms with Crippen molar-refractivity contribution >= 4 is 36.3 Å². The van der Waals surface area contributed by atoms with Crippen molar-refractivity contribution in [3.05, 3.63) is 376 Å². The van der Waals surface area contributed by atoms with Crippen LogP contribution in [0.15, 0.2) is 323 Å². The van der Waals surface area contributed by atoms with Gasteiger partial charge >= 0.3 is 6.07 Å². The van der Waals surface area contributed by atoms with E-state index in [0.29, 0.717) is 12.0 Å². The van der Waals surface area contributed by atoms with Gasteiger partial charge in [0.05, 0.1) is 17.5 Å². The molecule has 2 radical (unpaired) electrons. The number of aromatic nitrogens is 1. The van der Waals surface area contributed by atoms with Gasteiger partial charge in [0.25, 0.3) is 0 Å². The number of hydrogen-bond donors (Lipinski definition) is 2. The first kappa shape index (κ1) is 80.2. The zero-order valence-corrected chi connectivity index (χ0v) is 60.7. The minimum absolute atomic E-state index is 0. The van der Waals surface area contributed by atoms with E-state index in [0.717, 1.165) is 74.1 Å². The van der Waals surface area contributed by atoms with Crippen LogP contribution in [0, 0.1) is 30.4 Å². The van der Waals surface area contributed by atoms with Gasteiger partial charge in [-0.15, -0.1) is 42.4 Å². The number of aryl methyl sites for hydroxylation is 1. The van der Waals surface area contributed by atoms with Crippen molar-refractivity contribution in [2.24, 2.45) is 15.5 Å². The molecule has 0 saturated heterocycles. The third-order valence-corrected chi connectivity index (χ3v) is 12.4. The molecule has 12 rings (SSSR count). The van der Waals surface area contributed by atoms with Crippen molar-refractivity contribution < 1.29 is 116 Å². The van der Waals surface area contributed by atoms with Crippen molar-refractivity contribution in [3.8, 4) is 28.5 Å². The summed E-state index contributed by atoms with van der Waals surface area (Å²) in [7, 11) is 0. The van der Waals surface area contributed by atoms with Crippen molar-refractivity contribution in [2.45, 2.75) is 40.0 Å². The maximum atomic E-state index is 10.6. The van der Waals surface area contributed by atoms with Gasteiger partial charge in [0, 0.05) is 109 Å². The summed E-state index contributed by atoms with van der Waals surface area (Å²) in [6.07, 6.45) is 11.0. The molecular weight excluding hydrogens is 1480 g/mol. The van der Waals surface area contributed by atoms with Crippen molar-refractivity contribution in [1.29, 1.82) is 0 Å². The number of rotatable bonds is 10. The summed E-state index contributed by atoms with van der Waals surface area (Å²) in [5, 5.41) is 42.3. The maximum absolute atomic E-state index is 10.6. The first-order valence-corrected chi connectivity index (χ1v) is 28.5. The first-order valence-electron chi connectivity index (χ1n) is 28.5. The summed E-state index contributed by atoms with van der Waals surface area (Å²) >= 11 is 0. The monoisotopic (exact) mass is 1550 g/mol. The molecule has 0 aliphatic carbocycles. The van der Waals surface area contributed by atoms with E-state index in [1.165, 1.54) is 17.3 Å². The molecule has 0 bridgehead atoms. The zero-order chi connectivity index (χ0) is 64.1. The predicted molar refractivity (Wildman–Crippen MR) is 364 cm³/mol. The Morgan fingerprint density at radius 2 is 1.02 bits per heavy atom. The molecule has 0 saturated carbocycles. The van der Waals surface area contributed by atoms with Crippen LogP contribution in [0.2, 0.25) is 0 Å². The summed E-state index contributed by atoms with van der Waals surface area (Å²) in [4.78, 5) is 26.0. The molecule has 1 unspecified atom stereocenters. The molecule has 0 spiro atoms. The van der Waals surface area contributed by atoms with Gasteiger partial charge in [-0.25, -0.2) is 6.08 Å². The summed E-state index contributed by atoms with van der Waals surface area (Å²) in [6.45, 7) is 7.43. The number of allylic oxidation sites excluding steroid dienone is 1. The zero-order valence-electron chi connectivity index (χ0n) is 52.1. The van der Waals surface area contributed by atoms with Crippen LogP contribution < -0.4 is 0 Å². The summed E-state index contributed by atoms with van der Waals surface area (Å²) in [5.41, 5.74) is 12.9. The molecule has 2 heterocycles. The Bertz CT molecular complexity index is 3780. The number of nitrogens with zero attached hydrogens (tertiary/aromatic N) is 5. The van der Waals surface area contributed by atoms with E-state index >= 15 is 0 Å². The maximum Gasteiger partial charge on any atom is 0.336 e. The fraction of sp³-hybridized carbons (Fsp3) is 0.0769. The summed E-state index contributed by atoms with van der Waals surface area (Å²) < 4.78 is 5.35. The van der Waals surface area contributed by atoms with Gasteiger partial charge in [0.15, 0.2) is 0 Å². The smallest absolute Gasteiger partial charge is 0.336 e. The summed E-state index contributed by atoms with van der Waals surface area (Å²) in [6, 6.07) is 99.8. The average molecular weight is 1550 g/mol. The number of benzene rings is 10. The Morgan fingerprint density at radius 1 is 0.602 bits per heavy atom. The first-order chi connectivity index (χ1) is 44.2. The minimum Gasteiger partial charge on any atom is -0.563 e. The van der Waals surface area contributed by atoms with E-state index in [2.05, 4.69) is 92.5 Å². The number of oxime groups is 2. The molecule has 2 N–H and O–H groups in total. The van der Waals surface area contributed by atoms with Crippen molar-refractivity contribution in [2.75, 3.05) is 0 Å². The van der Waals surface area contributed by atoms with Crippen LogP contribution in [0.3, 0.4) is 0 Å². The summed E-state index contributed by atoms with van der Waals surface area (Å²) in [5.74, 6) is 1.19. The number of carbonyl (C=O) groups excluding carboxylic acids is 2. The van der Waals surface area contributed by atoms with E-state index in [-0.39, 0.29) is 98.2 Å². The van der Waals surface area contributed by atoms with Gasteiger partial charge in [-0.3, -0.25) is 15.7 Å². The van der Waals surface area contributed by atoms with Gasteiger partial charge in [-0.2, -0.15) is 35.3 Å². The van der Waals surface area contributed by atoms with E-state index in [4.69, 9.17) is 19.8 Å². The number of ketones is 1. The largest absolute Gasteiger partial charge is 0.563 e. The third-order valence-electron chi connectivity index (χ3n) is 12.4. The van der Waals surface area contributed by atoms with Gasteiger partial charge in [-0.1, -0.05) is 277 Å². The second-order valence-electron chi connectivity index (χ2n) is 19.1. The quantitative estimate of drug-likeness (QED) is 0.0447. The van der Waals surface area contributed by atoms with Crippen molar-refractivity contribution in [3.63, 3.8) is 0 Å². The standard InChI is InChI=1S/C16H14NO.C16H13NO.C9H10O.C9H9.C7H7NO.C7H6NO.C7H5NO.C7H6O.W.2Y/c2*1-12-15(13-8-4-2-5-9-13)16(17-18-12)14-10-6-3-7-11-14;1-8(10)7-9-5-3-2-4-6-9;1-2-6-9-7-4-3-5-8-9;3*9-8-6-7-4-2-1-3-5-7;8-6-7-4-2-1-3-5-7;;;/h2-11,15H,1H3;2-11H,1H3;2-6H,7H2,1H3;3-8H,1H3;1-6,9H;1-5,9H;1-5H;1-6H;;;/q-1;;;-1;;-1;;;;;/b;;;;8-6+;;;;;;. The molecule has 1 aromatic heterocycles. The molecule has 12 nitrogen and oxygen atoms in total. The van der Waals surface area contributed by atoms with Crippen LogP contribution in [0.4, 0.5) is 0 Å². The van der Waals surface area contributed by atoms with E-state index in [9.17, 15) is 14.8 Å². The van der Waals surface area contributed by atoms with Gasteiger partial charge in [0.2, 0.25) is 0 Å². The number of hydrogen-bond acceptors (Lipinski definition) is 11. The minimum atomic E-state index is 0. The van der Waals surface area contributed by atoms with Crippen LogP contribution in [0.1, 0.15) is 81.8 Å². The number of carbonyl (C=O) groups is 2. The Labute approximate surface area is 611 Å². The molecule has 1 aliphatic rings. The Morgan fingerprint density at radius 3 is 1.46 bits per heavy atom. The molecule has 93 heavy (non-hydrogen) atoms. The van der Waals surface area contributed by atoms with Crippen LogP contribution in [0.25, 0.3) is 33.5 Å². The third kappa shape index (κ3) is 31.8. The molecule has 0 fully saturated rings. The molecule has 10 aromatic carbocycles.